The van der Waals surface area contributed by atoms with Crippen molar-refractivity contribution < 1.29 is 19.4 Å². The Morgan fingerprint density at radius 3 is 2.61 bits per heavy atom. The lowest BCUT2D eigenvalue weighted by atomic mass is 9.93. The number of aromatic nitrogens is 4. The number of nitrogens with zero attached hydrogens (tertiary/aromatic N) is 4. The van der Waals surface area contributed by atoms with Gasteiger partial charge in [0.05, 0.1) is 30.5 Å². The van der Waals surface area contributed by atoms with Crippen LogP contribution in [0.3, 0.4) is 0 Å². The summed E-state index contributed by atoms with van der Waals surface area (Å²) in [5.41, 5.74) is 1.70. The third-order valence-corrected chi connectivity index (χ3v) is 5.57. The Hall–Kier alpha value is -3.46. The average molecular weight is 423 g/mol. The standard InChI is InChI=1S/C22H25N5O4/c1-30-17-6-4-16(5-7-17)26-21(28)15-3-8-19(24-12-15)27-22(29)18(13-25-27)14-9-10-23-20(11-14)31-2/h3,8-13,16-17,29H,4-7H2,1-2H3,(H,26,28). The highest BCUT2D eigenvalue weighted by Crippen LogP contribution is 2.31. The van der Waals surface area contributed by atoms with Gasteiger partial charge in [0, 0.05) is 31.6 Å². The van der Waals surface area contributed by atoms with E-state index in [0.29, 0.717) is 22.8 Å². The Morgan fingerprint density at radius 2 is 1.94 bits per heavy atom. The molecule has 9 heteroatoms. The zero-order chi connectivity index (χ0) is 21.8. The number of hydrogen-bond acceptors (Lipinski definition) is 7. The molecule has 1 saturated carbocycles. The number of carbonyl (C=O) groups excluding carboxylic acids is 1. The fraction of sp³-hybridized carbons (Fsp3) is 0.364. The summed E-state index contributed by atoms with van der Waals surface area (Å²) in [5, 5.41) is 17.9. The molecule has 0 unspecified atom stereocenters. The molecule has 1 amide bonds. The van der Waals surface area contributed by atoms with Crippen molar-refractivity contribution in [3.63, 3.8) is 0 Å². The first-order chi connectivity index (χ1) is 15.1. The number of rotatable bonds is 6. The fourth-order valence-electron chi connectivity index (χ4n) is 3.76. The molecule has 0 atom stereocenters. The van der Waals surface area contributed by atoms with Crippen LogP contribution in [0.2, 0.25) is 0 Å². The second kappa shape index (κ2) is 9.13. The van der Waals surface area contributed by atoms with Crippen LogP contribution < -0.4 is 10.1 Å². The van der Waals surface area contributed by atoms with Crippen LogP contribution in [0.5, 0.6) is 11.8 Å². The number of amides is 1. The van der Waals surface area contributed by atoms with E-state index in [4.69, 9.17) is 9.47 Å². The van der Waals surface area contributed by atoms with E-state index in [2.05, 4.69) is 20.4 Å². The number of hydrogen-bond donors (Lipinski definition) is 2. The third-order valence-electron chi connectivity index (χ3n) is 5.57. The van der Waals surface area contributed by atoms with E-state index in [9.17, 15) is 9.90 Å². The molecule has 0 aromatic carbocycles. The van der Waals surface area contributed by atoms with E-state index in [0.717, 1.165) is 31.2 Å². The predicted molar refractivity (Wildman–Crippen MR) is 113 cm³/mol. The van der Waals surface area contributed by atoms with Crippen LogP contribution >= 0.6 is 0 Å². The van der Waals surface area contributed by atoms with Crippen LogP contribution in [0, 0.1) is 0 Å². The van der Waals surface area contributed by atoms with Crippen LogP contribution in [0.4, 0.5) is 0 Å². The molecule has 3 aromatic rings. The second-order valence-electron chi connectivity index (χ2n) is 7.47. The highest BCUT2D eigenvalue weighted by atomic mass is 16.5. The van der Waals surface area contributed by atoms with E-state index in [1.54, 1.807) is 43.8 Å². The molecule has 4 rings (SSSR count). The minimum absolute atomic E-state index is 0.0622. The molecule has 3 heterocycles. The van der Waals surface area contributed by atoms with Crippen LogP contribution in [0.15, 0.2) is 42.9 Å². The number of carbonyl (C=O) groups is 1. The highest BCUT2D eigenvalue weighted by molar-refractivity contribution is 5.94. The maximum atomic E-state index is 12.6. The Labute approximate surface area is 180 Å². The van der Waals surface area contributed by atoms with Gasteiger partial charge in [-0.05, 0) is 49.4 Å². The number of pyridine rings is 2. The van der Waals surface area contributed by atoms with E-state index < -0.39 is 0 Å². The highest BCUT2D eigenvalue weighted by Gasteiger charge is 2.23. The Morgan fingerprint density at radius 1 is 1.13 bits per heavy atom. The van der Waals surface area contributed by atoms with Gasteiger partial charge in [-0.25, -0.2) is 9.97 Å². The van der Waals surface area contributed by atoms with Gasteiger partial charge in [0.25, 0.3) is 5.91 Å². The van der Waals surface area contributed by atoms with E-state index in [1.165, 1.54) is 18.0 Å². The van der Waals surface area contributed by atoms with Crippen LogP contribution in [0.25, 0.3) is 16.9 Å². The zero-order valence-corrected chi connectivity index (χ0v) is 17.5. The number of nitrogens with one attached hydrogen (secondary N) is 1. The topological polar surface area (TPSA) is 111 Å². The summed E-state index contributed by atoms with van der Waals surface area (Å²) in [6.07, 6.45) is 8.61. The van der Waals surface area contributed by atoms with Gasteiger partial charge in [-0.15, -0.1) is 0 Å². The van der Waals surface area contributed by atoms with Crippen molar-refractivity contribution in [1.29, 1.82) is 0 Å². The molecule has 0 radical (unpaired) electrons. The van der Waals surface area contributed by atoms with Gasteiger partial charge in [0.15, 0.2) is 5.82 Å². The molecular weight excluding hydrogens is 398 g/mol. The Kier molecular flexibility index (Phi) is 6.13. The molecule has 0 saturated heterocycles. The first-order valence-corrected chi connectivity index (χ1v) is 10.2. The summed E-state index contributed by atoms with van der Waals surface area (Å²) in [4.78, 5) is 20.9. The molecule has 0 spiro atoms. The molecule has 1 aliphatic carbocycles. The van der Waals surface area contributed by atoms with E-state index in [-0.39, 0.29) is 23.9 Å². The smallest absolute Gasteiger partial charge is 0.253 e. The summed E-state index contributed by atoms with van der Waals surface area (Å²) >= 11 is 0. The van der Waals surface area contributed by atoms with Gasteiger partial charge in [0.2, 0.25) is 11.8 Å². The normalized spacial score (nSPS) is 18.5. The monoisotopic (exact) mass is 423 g/mol. The van der Waals surface area contributed by atoms with Crippen molar-refractivity contribution in [2.24, 2.45) is 0 Å². The van der Waals surface area contributed by atoms with Gasteiger partial charge < -0.3 is 19.9 Å². The summed E-state index contributed by atoms with van der Waals surface area (Å²) in [6.45, 7) is 0. The van der Waals surface area contributed by atoms with E-state index >= 15 is 0 Å². The number of ether oxygens (including phenoxy) is 2. The lowest BCUT2D eigenvalue weighted by Crippen LogP contribution is -2.38. The van der Waals surface area contributed by atoms with Crippen molar-refractivity contribution in [2.45, 2.75) is 37.8 Å². The van der Waals surface area contributed by atoms with Crippen molar-refractivity contribution in [3.8, 4) is 28.7 Å². The molecule has 3 aromatic heterocycles. The average Bonchev–Trinajstić information content (AvgIpc) is 3.21. The van der Waals surface area contributed by atoms with Gasteiger partial charge in [-0.2, -0.15) is 9.78 Å². The molecule has 0 aliphatic heterocycles. The SMILES string of the molecule is COc1cc(-c2cnn(-c3ccc(C(=O)NC4CCC(OC)CC4)cn3)c2O)ccn1. The van der Waals surface area contributed by atoms with Crippen molar-refractivity contribution in [2.75, 3.05) is 14.2 Å². The molecule has 1 fully saturated rings. The van der Waals surface area contributed by atoms with E-state index in [1.807, 2.05) is 0 Å². The number of aromatic hydroxyl groups is 1. The van der Waals surface area contributed by atoms with Crippen molar-refractivity contribution in [1.82, 2.24) is 25.1 Å². The molecule has 31 heavy (non-hydrogen) atoms. The summed E-state index contributed by atoms with van der Waals surface area (Å²) in [7, 11) is 3.26. The van der Waals surface area contributed by atoms with Crippen LogP contribution in [0.1, 0.15) is 36.0 Å². The fourth-order valence-corrected chi connectivity index (χ4v) is 3.76. The van der Waals surface area contributed by atoms with Crippen LogP contribution in [-0.2, 0) is 4.74 Å². The summed E-state index contributed by atoms with van der Waals surface area (Å²) < 4.78 is 11.8. The second-order valence-corrected chi connectivity index (χ2v) is 7.47. The van der Waals surface area contributed by atoms with Gasteiger partial charge in [-0.3, -0.25) is 4.79 Å². The molecule has 1 aliphatic rings. The molecular formula is C22H25N5O4. The zero-order valence-electron chi connectivity index (χ0n) is 17.5. The minimum atomic E-state index is -0.158. The van der Waals surface area contributed by atoms with Gasteiger partial charge in [0.1, 0.15) is 0 Å². The molecule has 2 N–H and O–H groups in total. The maximum Gasteiger partial charge on any atom is 0.253 e. The Balaban J connectivity index is 1.46. The largest absolute Gasteiger partial charge is 0.493 e. The quantitative estimate of drug-likeness (QED) is 0.627. The summed E-state index contributed by atoms with van der Waals surface area (Å²) in [6, 6.07) is 6.94. The lowest BCUT2D eigenvalue weighted by molar-refractivity contribution is 0.0599. The van der Waals surface area contributed by atoms with Gasteiger partial charge in [-0.1, -0.05) is 0 Å². The van der Waals surface area contributed by atoms with Crippen molar-refractivity contribution in [3.05, 3.63) is 48.4 Å². The van der Waals surface area contributed by atoms with Crippen LogP contribution in [-0.4, -0.2) is 57.1 Å². The first-order valence-electron chi connectivity index (χ1n) is 10.2. The van der Waals surface area contributed by atoms with Crippen molar-refractivity contribution >= 4 is 5.91 Å². The molecule has 9 nitrogen and oxygen atoms in total. The lowest BCUT2D eigenvalue weighted by Gasteiger charge is -2.28. The third kappa shape index (κ3) is 4.51. The number of methoxy groups -OCH3 is 2. The molecule has 162 valence electrons. The predicted octanol–water partition coefficient (Wildman–Crippen LogP) is 2.73. The Bertz CT molecular complexity index is 1040. The maximum absolute atomic E-state index is 12.6. The minimum Gasteiger partial charge on any atom is -0.493 e. The molecule has 0 bridgehead atoms. The first kappa shape index (κ1) is 20.8. The van der Waals surface area contributed by atoms with Gasteiger partial charge >= 0.3 is 0 Å². The summed E-state index contributed by atoms with van der Waals surface area (Å²) in [5.74, 6) is 0.623.